The number of aryl methyl sites for hydroxylation is 1. The van der Waals surface area contributed by atoms with Crippen LogP contribution >= 0.6 is 0 Å². The number of hydrogen-bond acceptors (Lipinski definition) is 4. The highest BCUT2D eigenvalue weighted by Gasteiger charge is 2.35. The number of carboxylic acid groups (broad SMARTS) is 1. The molecule has 1 aliphatic heterocycles. The van der Waals surface area contributed by atoms with Gasteiger partial charge in [-0.15, -0.1) is 0 Å². The number of hydrogen-bond donors (Lipinski definition) is 3. The Morgan fingerprint density at radius 2 is 2.21 bits per heavy atom. The van der Waals surface area contributed by atoms with Crippen LogP contribution in [0, 0.1) is 12.8 Å². The van der Waals surface area contributed by atoms with Gasteiger partial charge in [-0.1, -0.05) is 0 Å². The SMILES string of the molecule is Cc1ccc(NC(=O)NC2COCC2C(=O)O)cn1. The molecule has 1 aromatic heterocycles. The minimum Gasteiger partial charge on any atom is -0.481 e. The molecule has 0 spiro atoms. The van der Waals surface area contributed by atoms with E-state index in [-0.39, 0.29) is 13.2 Å². The topological polar surface area (TPSA) is 101 Å². The van der Waals surface area contributed by atoms with Gasteiger partial charge in [0.1, 0.15) is 5.92 Å². The van der Waals surface area contributed by atoms with Gasteiger partial charge >= 0.3 is 12.0 Å². The van der Waals surface area contributed by atoms with Gasteiger partial charge in [0.15, 0.2) is 0 Å². The van der Waals surface area contributed by atoms with Crippen LogP contribution in [0.2, 0.25) is 0 Å². The molecule has 19 heavy (non-hydrogen) atoms. The molecule has 0 aliphatic carbocycles. The lowest BCUT2D eigenvalue weighted by molar-refractivity contribution is -0.142. The van der Waals surface area contributed by atoms with Crippen LogP contribution in [0.5, 0.6) is 0 Å². The summed E-state index contributed by atoms with van der Waals surface area (Å²) >= 11 is 0. The third-order valence-corrected chi connectivity index (χ3v) is 2.88. The van der Waals surface area contributed by atoms with Crippen molar-refractivity contribution in [1.29, 1.82) is 0 Å². The molecule has 102 valence electrons. The Balaban J connectivity index is 1.90. The molecule has 7 heteroatoms. The summed E-state index contributed by atoms with van der Waals surface area (Å²) in [5.74, 6) is -1.68. The zero-order chi connectivity index (χ0) is 13.8. The Bertz CT molecular complexity index is 474. The van der Waals surface area contributed by atoms with E-state index >= 15 is 0 Å². The van der Waals surface area contributed by atoms with Crippen LogP contribution in [0.15, 0.2) is 18.3 Å². The fourth-order valence-corrected chi connectivity index (χ4v) is 1.82. The van der Waals surface area contributed by atoms with Gasteiger partial charge in [0.25, 0.3) is 0 Å². The summed E-state index contributed by atoms with van der Waals surface area (Å²) in [4.78, 5) is 26.7. The number of anilines is 1. The predicted octanol–water partition coefficient (Wildman–Crippen LogP) is 0.611. The summed E-state index contributed by atoms with van der Waals surface area (Å²) in [6.07, 6.45) is 1.54. The molecule has 1 saturated heterocycles. The minimum absolute atomic E-state index is 0.117. The van der Waals surface area contributed by atoms with E-state index in [1.807, 2.05) is 6.92 Å². The third kappa shape index (κ3) is 3.41. The normalized spacial score (nSPS) is 21.9. The summed E-state index contributed by atoms with van der Waals surface area (Å²) < 4.78 is 5.06. The maximum absolute atomic E-state index is 11.7. The van der Waals surface area contributed by atoms with Gasteiger partial charge in [0, 0.05) is 5.69 Å². The van der Waals surface area contributed by atoms with Crippen molar-refractivity contribution in [3.05, 3.63) is 24.0 Å². The van der Waals surface area contributed by atoms with Gasteiger partial charge in [-0.25, -0.2) is 4.79 Å². The van der Waals surface area contributed by atoms with Crippen molar-refractivity contribution in [3.8, 4) is 0 Å². The molecule has 0 saturated carbocycles. The second-order valence-corrected chi connectivity index (χ2v) is 4.38. The van der Waals surface area contributed by atoms with Crippen LogP contribution in [0.1, 0.15) is 5.69 Å². The summed E-state index contributed by atoms with van der Waals surface area (Å²) in [6, 6.07) is 2.51. The van der Waals surface area contributed by atoms with Gasteiger partial charge in [-0.3, -0.25) is 9.78 Å². The van der Waals surface area contributed by atoms with Crippen LogP contribution in [-0.4, -0.2) is 41.3 Å². The zero-order valence-electron chi connectivity index (χ0n) is 10.4. The fraction of sp³-hybridized carbons (Fsp3) is 0.417. The molecule has 7 nitrogen and oxygen atoms in total. The van der Waals surface area contributed by atoms with Crippen LogP contribution in [0.3, 0.4) is 0 Å². The highest BCUT2D eigenvalue weighted by atomic mass is 16.5. The second kappa shape index (κ2) is 5.66. The van der Waals surface area contributed by atoms with E-state index in [9.17, 15) is 9.59 Å². The van der Waals surface area contributed by atoms with Crippen molar-refractivity contribution in [1.82, 2.24) is 10.3 Å². The summed E-state index contributed by atoms with van der Waals surface area (Å²) in [5.41, 5.74) is 1.40. The van der Waals surface area contributed by atoms with E-state index in [0.29, 0.717) is 5.69 Å². The maximum Gasteiger partial charge on any atom is 0.319 e. The molecule has 1 aliphatic rings. The lowest BCUT2D eigenvalue weighted by Crippen LogP contribution is -2.44. The lowest BCUT2D eigenvalue weighted by Gasteiger charge is -2.16. The second-order valence-electron chi connectivity index (χ2n) is 4.38. The molecular weight excluding hydrogens is 250 g/mol. The molecule has 0 bridgehead atoms. The summed E-state index contributed by atoms with van der Waals surface area (Å²) in [6.45, 7) is 2.17. The summed E-state index contributed by atoms with van der Waals surface area (Å²) in [7, 11) is 0. The van der Waals surface area contributed by atoms with E-state index in [1.54, 1.807) is 12.1 Å². The van der Waals surface area contributed by atoms with Crippen LogP contribution < -0.4 is 10.6 Å². The molecule has 0 radical (unpaired) electrons. The number of nitrogens with one attached hydrogen (secondary N) is 2. The number of ether oxygens (including phenoxy) is 1. The van der Waals surface area contributed by atoms with Gasteiger partial charge < -0.3 is 20.5 Å². The Kier molecular flexibility index (Phi) is 3.96. The molecular formula is C12H15N3O4. The number of pyridine rings is 1. The van der Waals surface area contributed by atoms with Crippen LogP contribution in [0.25, 0.3) is 0 Å². The Hall–Kier alpha value is -2.15. The van der Waals surface area contributed by atoms with Gasteiger partial charge in [0.05, 0.1) is 31.1 Å². The number of aliphatic carboxylic acids is 1. The van der Waals surface area contributed by atoms with Gasteiger partial charge in [0.2, 0.25) is 0 Å². The molecule has 1 aromatic rings. The van der Waals surface area contributed by atoms with Crippen molar-refractivity contribution >= 4 is 17.7 Å². The van der Waals surface area contributed by atoms with E-state index in [4.69, 9.17) is 9.84 Å². The van der Waals surface area contributed by atoms with Crippen molar-refractivity contribution in [2.24, 2.45) is 5.92 Å². The van der Waals surface area contributed by atoms with E-state index < -0.39 is 24.0 Å². The first-order valence-electron chi connectivity index (χ1n) is 5.87. The van der Waals surface area contributed by atoms with Crippen molar-refractivity contribution in [2.45, 2.75) is 13.0 Å². The Morgan fingerprint density at radius 3 is 2.84 bits per heavy atom. The Morgan fingerprint density at radius 1 is 1.42 bits per heavy atom. The lowest BCUT2D eigenvalue weighted by atomic mass is 10.0. The molecule has 3 N–H and O–H groups in total. The number of carboxylic acids is 1. The molecule has 2 rings (SSSR count). The van der Waals surface area contributed by atoms with E-state index in [2.05, 4.69) is 15.6 Å². The monoisotopic (exact) mass is 265 g/mol. The third-order valence-electron chi connectivity index (χ3n) is 2.88. The quantitative estimate of drug-likeness (QED) is 0.743. The van der Waals surface area contributed by atoms with Crippen molar-refractivity contribution < 1.29 is 19.4 Å². The van der Waals surface area contributed by atoms with Gasteiger partial charge in [-0.2, -0.15) is 0 Å². The number of aromatic nitrogens is 1. The van der Waals surface area contributed by atoms with E-state index in [0.717, 1.165) is 5.69 Å². The minimum atomic E-state index is -0.972. The highest BCUT2D eigenvalue weighted by Crippen LogP contribution is 2.14. The van der Waals surface area contributed by atoms with E-state index in [1.165, 1.54) is 6.20 Å². The molecule has 1 fully saturated rings. The first-order valence-corrected chi connectivity index (χ1v) is 5.87. The first-order chi connectivity index (χ1) is 9.06. The fourth-order valence-electron chi connectivity index (χ4n) is 1.82. The highest BCUT2D eigenvalue weighted by molar-refractivity contribution is 5.89. The number of amides is 2. The van der Waals surface area contributed by atoms with Crippen LogP contribution in [-0.2, 0) is 9.53 Å². The largest absolute Gasteiger partial charge is 0.481 e. The molecule has 2 heterocycles. The summed E-state index contributed by atoms with van der Waals surface area (Å²) in [5, 5.41) is 14.1. The average Bonchev–Trinajstić information content (AvgIpc) is 2.80. The smallest absolute Gasteiger partial charge is 0.319 e. The predicted molar refractivity (Wildman–Crippen MR) is 66.9 cm³/mol. The number of carbonyl (C=O) groups excluding carboxylic acids is 1. The standard InChI is InChI=1S/C12H15N3O4/c1-7-2-3-8(4-13-7)14-12(18)15-10-6-19-5-9(10)11(16)17/h2-4,9-10H,5-6H2,1H3,(H,16,17)(H2,14,15,18). The number of carbonyl (C=O) groups is 2. The van der Waals surface area contributed by atoms with Gasteiger partial charge in [-0.05, 0) is 19.1 Å². The average molecular weight is 265 g/mol. The number of nitrogens with zero attached hydrogens (tertiary/aromatic N) is 1. The number of urea groups is 1. The Labute approximate surface area is 110 Å². The molecule has 2 atom stereocenters. The maximum atomic E-state index is 11.7. The van der Waals surface area contributed by atoms with Crippen molar-refractivity contribution in [2.75, 3.05) is 18.5 Å². The molecule has 0 aromatic carbocycles. The molecule has 2 unspecified atom stereocenters. The zero-order valence-corrected chi connectivity index (χ0v) is 10.4. The van der Waals surface area contributed by atoms with Crippen molar-refractivity contribution in [3.63, 3.8) is 0 Å². The molecule has 2 amide bonds. The number of rotatable bonds is 3. The van der Waals surface area contributed by atoms with Crippen LogP contribution in [0.4, 0.5) is 10.5 Å². The first kappa shape index (κ1) is 13.3.